The van der Waals surface area contributed by atoms with E-state index in [2.05, 4.69) is 10.1 Å². The van der Waals surface area contributed by atoms with Gasteiger partial charge in [-0.2, -0.15) is 5.10 Å². The van der Waals surface area contributed by atoms with Crippen LogP contribution < -0.4 is 5.56 Å². The Kier molecular flexibility index (Phi) is 5.33. The fraction of sp³-hybridized carbons (Fsp3) is 0.429. The van der Waals surface area contributed by atoms with Crippen LogP contribution in [-0.4, -0.2) is 43.2 Å². The Morgan fingerprint density at radius 2 is 2.21 bits per heavy atom. The summed E-state index contributed by atoms with van der Waals surface area (Å²) >= 11 is 0. The van der Waals surface area contributed by atoms with Crippen LogP contribution in [0.15, 0.2) is 52.1 Å². The van der Waals surface area contributed by atoms with Crippen molar-refractivity contribution in [2.24, 2.45) is 5.92 Å². The number of nitrogens with zero attached hydrogens (tertiary/aromatic N) is 5. The molecule has 0 spiro atoms. The molecule has 0 radical (unpaired) electrons. The summed E-state index contributed by atoms with van der Waals surface area (Å²) in [6.07, 6.45) is 6.87. The van der Waals surface area contributed by atoms with Crippen LogP contribution in [0.3, 0.4) is 0 Å². The maximum absolute atomic E-state index is 13.0. The van der Waals surface area contributed by atoms with Crippen molar-refractivity contribution in [1.29, 1.82) is 0 Å². The third-order valence-electron chi connectivity index (χ3n) is 5.47. The van der Waals surface area contributed by atoms with Crippen LogP contribution >= 0.6 is 0 Å². The molecule has 1 saturated heterocycles. The SMILES string of the molecule is Cc1nccn1C[C@@H](C)C(=O)N1CCC[C@H](n2nc(-c3ccco3)ccc2=O)C1. The predicted molar refractivity (Wildman–Crippen MR) is 107 cm³/mol. The molecule has 0 aliphatic carbocycles. The number of hydrogen-bond acceptors (Lipinski definition) is 5. The number of aryl methyl sites for hydroxylation is 1. The first-order chi connectivity index (χ1) is 14.0. The second-order valence-electron chi connectivity index (χ2n) is 7.59. The van der Waals surface area contributed by atoms with Crippen molar-refractivity contribution in [3.05, 3.63) is 59.1 Å². The number of imidazole rings is 1. The fourth-order valence-electron chi connectivity index (χ4n) is 3.88. The zero-order valence-electron chi connectivity index (χ0n) is 16.7. The number of carbonyl (C=O) groups is 1. The van der Waals surface area contributed by atoms with Gasteiger partial charge >= 0.3 is 0 Å². The molecule has 0 aromatic carbocycles. The number of aromatic nitrogens is 4. The van der Waals surface area contributed by atoms with Gasteiger partial charge in [-0.3, -0.25) is 9.59 Å². The van der Waals surface area contributed by atoms with E-state index in [4.69, 9.17) is 4.42 Å². The Bertz CT molecular complexity index is 1040. The molecule has 1 aliphatic rings. The Balaban J connectivity index is 1.50. The van der Waals surface area contributed by atoms with E-state index >= 15 is 0 Å². The number of carbonyl (C=O) groups excluding carboxylic acids is 1. The molecule has 152 valence electrons. The van der Waals surface area contributed by atoms with Gasteiger partial charge in [0.2, 0.25) is 5.91 Å². The van der Waals surface area contributed by atoms with Crippen LogP contribution in [0.5, 0.6) is 0 Å². The van der Waals surface area contributed by atoms with E-state index in [1.807, 2.05) is 35.6 Å². The largest absolute Gasteiger partial charge is 0.463 e. The lowest BCUT2D eigenvalue weighted by Crippen LogP contribution is -2.45. The second kappa shape index (κ2) is 8.06. The van der Waals surface area contributed by atoms with Gasteiger partial charge < -0.3 is 13.9 Å². The monoisotopic (exact) mass is 395 g/mol. The highest BCUT2D eigenvalue weighted by molar-refractivity contribution is 5.78. The molecule has 1 amide bonds. The third-order valence-corrected chi connectivity index (χ3v) is 5.47. The number of rotatable bonds is 5. The van der Waals surface area contributed by atoms with Crippen molar-refractivity contribution < 1.29 is 9.21 Å². The summed E-state index contributed by atoms with van der Waals surface area (Å²) in [5.74, 6) is 1.44. The molecule has 0 unspecified atom stereocenters. The standard InChI is InChI=1S/C21H25N5O3/c1-15(13-24-11-9-22-16(24)2)21(28)25-10-3-5-17(14-25)26-20(27)8-7-18(23-26)19-6-4-12-29-19/h4,6-9,11-12,15,17H,3,5,10,13-14H2,1-2H3/t15-,17+/m1/s1. The molecule has 1 fully saturated rings. The van der Waals surface area contributed by atoms with Gasteiger partial charge in [0.05, 0.1) is 18.2 Å². The number of likely N-dealkylation sites (tertiary alicyclic amines) is 1. The smallest absolute Gasteiger partial charge is 0.267 e. The Hall–Kier alpha value is -3.16. The molecule has 29 heavy (non-hydrogen) atoms. The number of piperidine rings is 1. The maximum atomic E-state index is 13.0. The van der Waals surface area contributed by atoms with Crippen LogP contribution in [-0.2, 0) is 11.3 Å². The highest BCUT2D eigenvalue weighted by atomic mass is 16.3. The first-order valence-corrected chi connectivity index (χ1v) is 9.93. The molecule has 1 aliphatic heterocycles. The van der Waals surface area contributed by atoms with E-state index < -0.39 is 0 Å². The van der Waals surface area contributed by atoms with E-state index in [1.165, 1.54) is 10.7 Å². The summed E-state index contributed by atoms with van der Waals surface area (Å²) in [7, 11) is 0. The number of furan rings is 1. The summed E-state index contributed by atoms with van der Waals surface area (Å²) in [6.45, 7) is 5.65. The first-order valence-electron chi connectivity index (χ1n) is 9.93. The van der Waals surface area contributed by atoms with Gasteiger partial charge in [-0.05, 0) is 38.0 Å². The highest BCUT2D eigenvalue weighted by Gasteiger charge is 2.29. The molecule has 0 N–H and O–H groups in total. The van der Waals surface area contributed by atoms with Crippen LogP contribution in [0.1, 0.15) is 31.6 Å². The normalized spacial score (nSPS) is 18.0. The molecular formula is C21H25N5O3. The average Bonchev–Trinajstić information content (AvgIpc) is 3.40. The average molecular weight is 395 g/mol. The molecule has 3 aromatic heterocycles. The summed E-state index contributed by atoms with van der Waals surface area (Å²) < 4.78 is 8.89. The Morgan fingerprint density at radius 1 is 1.34 bits per heavy atom. The summed E-state index contributed by atoms with van der Waals surface area (Å²) in [5, 5.41) is 4.51. The van der Waals surface area contributed by atoms with Crippen LogP contribution in [0.2, 0.25) is 0 Å². The second-order valence-corrected chi connectivity index (χ2v) is 7.59. The quantitative estimate of drug-likeness (QED) is 0.663. The van der Waals surface area contributed by atoms with E-state index in [-0.39, 0.29) is 23.4 Å². The molecule has 4 heterocycles. The minimum Gasteiger partial charge on any atom is -0.463 e. The lowest BCUT2D eigenvalue weighted by atomic mass is 10.0. The summed E-state index contributed by atoms with van der Waals surface area (Å²) in [6, 6.07) is 6.64. The van der Waals surface area contributed by atoms with Gasteiger partial charge in [0.25, 0.3) is 5.56 Å². The molecule has 8 heteroatoms. The van der Waals surface area contributed by atoms with Gasteiger partial charge in [0.15, 0.2) is 5.76 Å². The van der Waals surface area contributed by atoms with Crippen LogP contribution in [0, 0.1) is 12.8 Å². The van der Waals surface area contributed by atoms with Crippen molar-refractivity contribution in [3.8, 4) is 11.5 Å². The van der Waals surface area contributed by atoms with E-state index in [0.29, 0.717) is 31.1 Å². The highest BCUT2D eigenvalue weighted by Crippen LogP contribution is 2.23. The van der Waals surface area contributed by atoms with E-state index in [1.54, 1.807) is 24.6 Å². The van der Waals surface area contributed by atoms with Gasteiger partial charge in [-0.25, -0.2) is 9.67 Å². The molecule has 4 rings (SSSR count). The van der Waals surface area contributed by atoms with Crippen molar-refractivity contribution in [3.63, 3.8) is 0 Å². The van der Waals surface area contributed by atoms with Crippen molar-refractivity contribution in [1.82, 2.24) is 24.2 Å². The van der Waals surface area contributed by atoms with E-state index in [9.17, 15) is 9.59 Å². The van der Waals surface area contributed by atoms with Gasteiger partial charge in [-0.1, -0.05) is 6.92 Å². The van der Waals surface area contributed by atoms with E-state index in [0.717, 1.165) is 18.7 Å². The lowest BCUT2D eigenvalue weighted by molar-refractivity contribution is -0.137. The van der Waals surface area contributed by atoms with Gasteiger partial charge in [0, 0.05) is 38.1 Å². The summed E-state index contributed by atoms with van der Waals surface area (Å²) in [4.78, 5) is 31.6. The van der Waals surface area contributed by atoms with Crippen LogP contribution in [0.4, 0.5) is 0 Å². The first kappa shape index (κ1) is 19.2. The van der Waals surface area contributed by atoms with Gasteiger partial charge in [0.1, 0.15) is 11.5 Å². The zero-order chi connectivity index (χ0) is 20.4. The molecule has 0 saturated carbocycles. The zero-order valence-corrected chi connectivity index (χ0v) is 16.7. The topological polar surface area (TPSA) is 86.2 Å². The van der Waals surface area contributed by atoms with Crippen LogP contribution in [0.25, 0.3) is 11.5 Å². The fourth-order valence-corrected chi connectivity index (χ4v) is 3.88. The minimum atomic E-state index is -0.166. The van der Waals surface area contributed by atoms with Crippen molar-refractivity contribution in [2.75, 3.05) is 13.1 Å². The number of hydrogen-bond donors (Lipinski definition) is 0. The molecule has 8 nitrogen and oxygen atoms in total. The lowest BCUT2D eigenvalue weighted by Gasteiger charge is -2.34. The molecule has 0 bridgehead atoms. The molecule has 3 aromatic rings. The minimum absolute atomic E-state index is 0.0954. The number of amides is 1. The maximum Gasteiger partial charge on any atom is 0.267 e. The molecule has 2 atom stereocenters. The Morgan fingerprint density at radius 3 is 2.93 bits per heavy atom. The Labute approximate surface area is 168 Å². The van der Waals surface area contributed by atoms with Crippen molar-refractivity contribution >= 4 is 5.91 Å². The summed E-state index contributed by atoms with van der Waals surface area (Å²) in [5.41, 5.74) is 0.448. The predicted octanol–water partition coefficient (Wildman–Crippen LogP) is 2.51. The van der Waals surface area contributed by atoms with Gasteiger partial charge in [-0.15, -0.1) is 0 Å². The van der Waals surface area contributed by atoms with Crippen molar-refractivity contribution in [2.45, 2.75) is 39.3 Å². The molecular weight excluding hydrogens is 370 g/mol. The third kappa shape index (κ3) is 4.01.